The van der Waals surface area contributed by atoms with E-state index in [1.807, 2.05) is 86.6 Å². The summed E-state index contributed by atoms with van der Waals surface area (Å²) in [4.78, 5) is 30.6. The van der Waals surface area contributed by atoms with Gasteiger partial charge in [-0.15, -0.1) is 0 Å². The minimum Gasteiger partial charge on any atom is -0.338 e. The molecule has 1 atom stereocenters. The van der Waals surface area contributed by atoms with Crippen LogP contribution in [0.4, 0.5) is 11.4 Å². The number of allylic oxidation sites excluding steroid dienone is 1. The van der Waals surface area contributed by atoms with Gasteiger partial charge in [-0.25, -0.2) is 4.99 Å². The lowest BCUT2D eigenvalue weighted by molar-refractivity contribution is -0.114. The molecule has 1 aliphatic rings. The summed E-state index contributed by atoms with van der Waals surface area (Å²) in [7, 11) is 0. The Morgan fingerprint density at radius 2 is 1.63 bits per heavy atom. The van der Waals surface area contributed by atoms with Crippen molar-refractivity contribution in [3.63, 3.8) is 0 Å². The van der Waals surface area contributed by atoms with E-state index in [0.29, 0.717) is 32.8 Å². The molecule has 0 radical (unpaired) electrons. The molecule has 3 aromatic carbocycles. The Bertz CT molecular complexity index is 1290. The molecule has 0 saturated heterocycles. The lowest BCUT2D eigenvalue weighted by atomic mass is 9.96. The number of hydrogen-bond donors (Lipinski definition) is 3. The number of nitrogens with one attached hydrogen (secondary N) is 3. The average molecular weight is 505 g/mol. The Kier molecular flexibility index (Phi) is 7.90. The maximum absolute atomic E-state index is 13.2. The molecule has 4 rings (SSSR count). The Morgan fingerprint density at radius 3 is 2.31 bits per heavy atom. The van der Waals surface area contributed by atoms with Crippen molar-refractivity contribution in [2.24, 2.45) is 4.99 Å². The highest BCUT2D eigenvalue weighted by Gasteiger charge is 2.29. The minimum absolute atomic E-state index is 0.150. The Hall–Kier alpha value is -3.55. The van der Waals surface area contributed by atoms with E-state index in [-0.39, 0.29) is 17.6 Å². The predicted octanol–water partition coefficient (Wildman–Crippen LogP) is 5.93. The SMILES string of the molecule is CC1=C(C(=O)Nc2ccccc2)[C@@H](c2ccccc2)N=C(SCC(=O)Nc2ccc(C)c(Cl)c2)N1. The molecule has 6 nitrogen and oxygen atoms in total. The number of thioether (sulfide) groups is 1. The highest BCUT2D eigenvalue weighted by molar-refractivity contribution is 8.14. The first-order chi connectivity index (χ1) is 16.9. The fraction of sp³-hybridized carbons (Fsp3) is 0.148. The molecule has 1 heterocycles. The molecule has 0 unspecified atom stereocenters. The number of carbonyl (C=O) groups is 2. The van der Waals surface area contributed by atoms with E-state index < -0.39 is 6.04 Å². The van der Waals surface area contributed by atoms with Crippen LogP contribution < -0.4 is 16.0 Å². The molecule has 0 bridgehead atoms. The first-order valence-electron chi connectivity index (χ1n) is 11.1. The number of halogens is 1. The average Bonchev–Trinajstić information content (AvgIpc) is 2.85. The third-order valence-electron chi connectivity index (χ3n) is 5.41. The van der Waals surface area contributed by atoms with Gasteiger partial charge in [-0.05, 0) is 49.2 Å². The van der Waals surface area contributed by atoms with Crippen molar-refractivity contribution in [2.75, 3.05) is 16.4 Å². The van der Waals surface area contributed by atoms with Crippen LogP contribution in [0.2, 0.25) is 5.02 Å². The number of rotatable bonds is 6. The molecule has 2 amide bonds. The highest BCUT2D eigenvalue weighted by Crippen LogP contribution is 2.33. The minimum atomic E-state index is -0.498. The largest absolute Gasteiger partial charge is 0.338 e. The first kappa shape index (κ1) is 24.6. The van der Waals surface area contributed by atoms with Crippen LogP contribution in [0.25, 0.3) is 0 Å². The fourth-order valence-electron chi connectivity index (χ4n) is 3.61. The number of anilines is 2. The number of amides is 2. The number of carbonyl (C=O) groups excluding carboxylic acids is 2. The van der Waals surface area contributed by atoms with Gasteiger partial charge in [-0.1, -0.05) is 78.0 Å². The number of hydrogen-bond acceptors (Lipinski definition) is 5. The molecule has 0 aromatic heterocycles. The van der Waals surface area contributed by atoms with Crippen molar-refractivity contribution in [1.29, 1.82) is 0 Å². The molecule has 3 N–H and O–H groups in total. The van der Waals surface area contributed by atoms with Crippen LogP contribution in [-0.2, 0) is 9.59 Å². The van der Waals surface area contributed by atoms with Gasteiger partial charge >= 0.3 is 0 Å². The van der Waals surface area contributed by atoms with Crippen molar-refractivity contribution in [3.8, 4) is 0 Å². The second kappa shape index (κ2) is 11.3. The quantitative estimate of drug-likeness (QED) is 0.388. The van der Waals surface area contributed by atoms with E-state index in [4.69, 9.17) is 16.6 Å². The van der Waals surface area contributed by atoms with E-state index in [1.54, 1.807) is 6.07 Å². The van der Waals surface area contributed by atoms with Crippen LogP contribution in [0.5, 0.6) is 0 Å². The topological polar surface area (TPSA) is 82.6 Å². The maximum atomic E-state index is 13.2. The van der Waals surface area contributed by atoms with Crippen LogP contribution in [-0.4, -0.2) is 22.7 Å². The first-order valence-corrected chi connectivity index (χ1v) is 12.4. The van der Waals surface area contributed by atoms with Gasteiger partial charge in [0.05, 0.1) is 11.3 Å². The number of para-hydroxylation sites is 1. The molecule has 0 aliphatic carbocycles. The zero-order valence-electron chi connectivity index (χ0n) is 19.3. The van der Waals surface area contributed by atoms with Crippen molar-refractivity contribution >= 4 is 51.7 Å². The lowest BCUT2D eigenvalue weighted by Gasteiger charge is -2.26. The summed E-state index contributed by atoms with van der Waals surface area (Å²) >= 11 is 7.43. The summed E-state index contributed by atoms with van der Waals surface area (Å²) in [6, 6.07) is 23.9. The molecule has 0 spiro atoms. The van der Waals surface area contributed by atoms with Gasteiger partial charge in [0.1, 0.15) is 6.04 Å². The zero-order chi connectivity index (χ0) is 24.8. The van der Waals surface area contributed by atoms with E-state index in [9.17, 15) is 9.59 Å². The molecule has 1 aliphatic heterocycles. The lowest BCUT2D eigenvalue weighted by Crippen LogP contribution is -2.32. The smallest absolute Gasteiger partial charge is 0.255 e. The fourth-order valence-corrected chi connectivity index (χ4v) is 4.54. The third-order valence-corrected chi connectivity index (χ3v) is 6.70. The van der Waals surface area contributed by atoms with Gasteiger partial charge in [0.25, 0.3) is 5.91 Å². The second-order valence-corrected chi connectivity index (χ2v) is 9.40. The van der Waals surface area contributed by atoms with Crippen molar-refractivity contribution < 1.29 is 9.59 Å². The van der Waals surface area contributed by atoms with E-state index in [1.165, 1.54) is 11.8 Å². The Balaban J connectivity index is 1.49. The second-order valence-electron chi connectivity index (χ2n) is 8.03. The highest BCUT2D eigenvalue weighted by atomic mass is 35.5. The monoisotopic (exact) mass is 504 g/mol. The van der Waals surface area contributed by atoms with Gasteiger partial charge < -0.3 is 16.0 Å². The maximum Gasteiger partial charge on any atom is 0.255 e. The van der Waals surface area contributed by atoms with Crippen LogP contribution in [0.1, 0.15) is 24.1 Å². The van der Waals surface area contributed by atoms with Crippen molar-refractivity contribution in [3.05, 3.63) is 106 Å². The van der Waals surface area contributed by atoms with Crippen molar-refractivity contribution in [1.82, 2.24) is 5.32 Å². The van der Waals surface area contributed by atoms with Gasteiger partial charge in [0.2, 0.25) is 5.91 Å². The normalized spacial score (nSPS) is 15.2. The van der Waals surface area contributed by atoms with Gasteiger partial charge in [-0.3, -0.25) is 9.59 Å². The van der Waals surface area contributed by atoms with E-state index in [2.05, 4.69) is 16.0 Å². The van der Waals surface area contributed by atoms with E-state index in [0.717, 1.165) is 11.1 Å². The number of amidine groups is 1. The number of aryl methyl sites for hydroxylation is 1. The van der Waals surface area contributed by atoms with Crippen LogP contribution in [0.15, 0.2) is 95.1 Å². The summed E-state index contributed by atoms with van der Waals surface area (Å²) in [5.74, 6) is -0.251. The van der Waals surface area contributed by atoms with Crippen LogP contribution in [0, 0.1) is 6.92 Å². The number of aliphatic imine (C=N–C) groups is 1. The standard InChI is InChI=1S/C27H25ClN4O2S/c1-17-13-14-21(15-22(17)28)30-23(33)16-35-27-29-18(2)24(25(32-27)19-9-5-3-6-10-19)26(34)31-20-11-7-4-8-12-20/h3-15,25H,16H2,1-2H3,(H,29,32)(H,30,33)(H,31,34)/t25-/m1/s1. The summed E-state index contributed by atoms with van der Waals surface area (Å²) in [5, 5.41) is 10.2. The molecule has 8 heteroatoms. The van der Waals surface area contributed by atoms with E-state index >= 15 is 0 Å². The van der Waals surface area contributed by atoms with Gasteiger partial charge in [0, 0.05) is 22.1 Å². The molecule has 3 aromatic rings. The molecule has 0 saturated carbocycles. The molecule has 178 valence electrons. The Labute approximate surface area is 213 Å². The predicted molar refractivity (Wildman–Crippen MR) is 145 cm³/mol. The van der Waals surface area contributed by atoms with Crippen LogP contribution >= 0.6 is 23.4 Å². The summed E-state index contributed by atoms with van der Waals surface area (Å²) < 4.78 is 0. The van der Waals surface area contributed by atoms with Crippen LogP contribution in [0.3, 0.4) is 0 Å². The molecule has 0 fully saturated rings. The number of benzene rings is 3. The summed E-state index contributed by atoms with van der Waals surface area (Å²) in [6.45, 7) is 3.75. The molecular weight excluding hydrogens is 480 g/mol. The summed E-state index contributed by atoms with van der Waals surface area (Å²) in [6.07, 6.45) is 0. The zero-order valence-corrected chi connectivity index (χ0v) is 20.9. The molecular formula is C27H25ClN4O2S. The van der Waals surface area contributed by atoms with Crippen molar-refractivity contribution in [2.45, 2.75) is 19.9 Å². The van der Waals surface area contributed by atoms with Gasteiger partial charge in [0.15, 0.2) is 5.17 Å². The van der Waals surface area contributed by atoms with Gasteiger partial charge in [-0.2, -0.15) is 0 Å². The number of nitrogens with zero attached hydrogens (tertiary/aromatic N) is 1. The molecule has 35 heavy (non-hydrogen) atoms. The third kappa shape index (κ3) is 6.32. The Morgan fingerprint density at radius 1 is 0.943 bits per heavy atom. The summed E-state index contributed by atoms with van der Waals surface area (Å²) in [5.41, 5.74) is 4.41.